The summed E-state index contributed by atoms with van der Waals surface area (Å²) < 4.78 is 74.8. The number of likely N-dealkylation sites (N-methyl/N-ethyl adjacent to an activating group) is 1. The van der Waals surface area contributed by atoms with Gasteiger partial charge in [-0.3, -0.25) is 9.59 Å². The van der Waals surface area contributed by atoms with E-state index >= 15 is 0 Å². The molecular formula is C35H30F5N3O4. The zero-order valence-corrected chi connectivity index (χ0v) is 25.6. The summed E-state index contributed by atoms with van der Waals surface area (Å²) in [5.41, 5.74) is -2.75. The number of hydrogen-bond acceptors (Lipinski definition) is 4. The zero-order valence-electron chi connectivity index (χ0n) is 25.6. The molecule has 5 aromatic rings. The first-order valence-electron chi connectivity index (χ1n) is 14.5. The first kappa shape index (κ1) is 33.3. The molecule has 0 bridgehead atoms. The lowest BCUT2D eigenvalue weighted by Crippen LogP contribution is -2.43. The molecular weight excluding hydrogens is 621 g/mol. The van der Waals surface area contributed by atoms with Crippen LogP contribution in [0.4, 0.5) is 22.0 Å². The van der Waals surface area contributed by atoms with E-state index in [9.17, 15) is 41.4 Å². The van der Waals surface area contributed by atoms with E-state index in [0.717, 1.165) is 16.7 Å². The number of carbonyl (C=O) groups is 2. The van der Waals surface area contributed by atoms with Crippen molar-refractivity contribution >= 4 is 33.6 Å². The minimum atomic E-state index is -4.89. The Morgan fingerprint density at radius 2 is 1.53 bits per heavy atom. The van der Waals surface area contributed by atoms with Gasteiger partial charge in [-0.1, -0.05) is 54.6 Å². The minimum Gasteiger partial charge on any atom is -0.480 e. The second-order valence-corrected chi connectivity index (χ2v) is 11.5. The zero-order chi connectivity index (χ0) is 34.2. The first-order valence-corrected chi connectivity index (χ1v) is 14.5. The van der Waals surface area contributed by atoms with Gasteiger partial charge in [-0.15, -0.1) is 0 Å². The third-order valence-electron chi connectivity index (χ3n) is 8.07. The Balaban J connectivity index is 1.55. The predicted octanol–water partition coefficient (Wildman–Crippen LogP) is 6.19. The van der Waals surface area contributed by atoms with Crippen LogP contribution in [0, 0.1) is 11.6 Å². The van der Waals surface area contributed by atoms with Crippen LogP contribution < -0.4 is 10.9 Å². The van der Waals surface area contributed by atoms with Gasteiger partial charge in [-0.2, -0.15) is 13.2 Å². The van der Waals surface area contributed by atoms with Crippen molar-refractivity contribution in [2.75, 3.05) is 20.6 Å². The number of rotatable bonds is 9. The van der Waals surface area contributed by atoms with Gasteiger partial charge in [0.05, 0.1) is 16.6 Å². The number of carboxylic acids is 1. The molecule has 47 heavy (non-hydrogen) atoms. The molecule has 5 rings (SSSR count). The topological polar surface area (TPSA) is 91.6 Å². The number of aryl methyl sites for hydroxylation is 1. The number of para-hydroxylation sites is 1. The molecule has 0 spiro atoms. The number of aliphatic carboxylic acids is 1. The van der Waals surface area contributed by atoms with E-state index < -0.39 is 58.0 Å². The molecule has 1 heterocycles. The van der Waals surface area contributed by atoms with Crippen LogP contribution in [0.1, 0.15) is 27.0 Å². The number of nitrogens with one attached hydrogen (secondary N) is 1. The van der Waals surface area contributed by atoms with Crippen LogP contribution in [-0.4, -0.2) is 53.1 Å². The van der Waals surface area contributed by atoms with E-state index in [1.54, 1.807) is 20.2 Å². The van der Waals surface area contributed by atoms with Crippen LogP contribution >= 0.6 is 0 Å². The number of pyridine rings is 1. The summed E-state index contributed by atoms with van der Waals surface area (Å²) in [6.07, 6.45) is -4.96. The van der Waals surface area contributed by atoms with Crippen molar-refractivity contribution in [2.24, 2.45) is 7.05 Å². The quantitative estimate of drug-likeness (QED) is 0.186. The molecule has 1 atom stereocenters. The van der Waals surface area contributed by atoms with Crippen molar-refractivity contribution in [3.63, 3.8) is 0 Å². The van der Waals surface area contributed by atoms with E-state index in [0.29, 0.717) is 29.5 Å². The molecule has 0 saturated heterocycles. The molecule has 7 nitrogen and oxygen atoms in total. The number of amides is 1. The average molecular weight is 652 g/mol. The molecule has 1 amide bonds. The number of benzene rings is 4. The lowest BCUT2D eigenvalue weighted by atomic mass is 9.90. The van der Waals surface area contributed by atoms with E-state index in [-0.39, 0.29) is 28.3 Å². The van der Waals surface area contributed by atoms with Crippen molar-refractivity contribution in [2.45, 2.75) is 25.1 Å². The molecule has 0 aliphatic heterocycles. The van der Waals surface area contributed by atoms with Gasteiger partial charge in [0.25, 0.3) is 11.5 Å². The van der Waals surface area contributed by atoms with Crippen LogP contribution in [0.3, 0.4) is 0 Å². The minimum absolute atomic E-state index is 0.0163. The van der Waals surface area contributed by atoms with E-state index in [2.05, 4.69) is 5.32 Å². The van der Waals surface area contributed by atoms with E-state index in [1.807, 2.05) is 4.90 Å². The summed E-state index contributed by atoms with van der Waals surface area (Å²) in [6.45, 7) is 0.505. The Hall–Kier alpha value is -5.10. The highest BCUT2D eigenvalue weighted by molar-refractivity contribution is 6.02. The normalized spacial score (nSPS) is 12.5. The number of nitrogens with zero attached hydrogens (tertiary/aromatic N) is 2. The second-order valence-electron chi connectivity index (χ2n) is 11.5. The number of hydrogen-bond donors (Lipinski definition) is 2. The van der Waals surface area contributed by atoms with Crippen molar-refractivity contribution in [1.29, 1.82) is 0 Å². The Bertz CT molecular complexity index is 2070. The highest BCUT2D eigenvalue weighted by atomic mass is 19.4. The van der Waals surface area contributed by atoms with Crippen molar-refractivity contribution in [3.05, 3.63) is 117 Å². The Morgan fingerprint density at radius 1 is 0.915 bits per heavy atom. The number of halogens is 5. The Morgan fingerprint density at radius 3 is 2.17 bits per heavy atom. The lowest BCUT2D eigenvalue weighted by molar-refractivity contribution is -0.139. The third kappa shape index (κ3) is 6.59. The van der Waals surface area contributed by atoms with Crippen LogP contribution in [0.15, 0.2) is 77.6 Å². The molecule has 244 valence electrons. The van der Waals surface area contributed by atoms with Gasteiger partial charge in [0.15, 0.2) is 0 Å². The predicted molar refractivity (Wildman–Crippen MR) is 168 cm³/mol. The van der Waals surface area contributed by atoms with Crippen molar-refractivity contribution in [3.8, 4) is 11.1 Å². The van der Waals surface area contributed by atoms with Gasteiger partial charge in [-0.25, -0.2) is 13.6 Å². The standard InChI is InChI=1S/C35H30F5N3O4/c1-42(2)15-14-19-16-25(36)30(26(37)17-19)32(44)41-27(34(46)47)18-20-8-6-11-22-21(20)10-7-12-23(22)29-31(35(38,39)40)24-9-4-5-13-28(24)43(3)33(29)45/h4-13,16-17,27H,14-15,18H2,1-3H3,(H,41,44)(H,46,47)/t27-/m0/s1. The number of carbonyl (C=O) groups excluding carboxylic acids is 1. The summed E-state index contributed by atoms with van der Waals surface area (Å²) in [5.74, 6) is -5.07. The van der Waals surface area contributed by atoms with Crippen molar-refractivity contribution < 1.29 is 36.6 Å². The Labute approximate surface area is 265 Å². The molecule has 0 aliphatic rings. The highest BCUT2D eigenvalue weighted by Gasteiger charge is 2.38. The molecule has 1 aromatic heterocycles. The van der Waals surface area contributed by atoms with E-state index in [4.69, 9.17) is 0 Å². The molecule has 2 N–H and O–H groups in total. The SMILES string of the molecule is CN(C)CCc1cc(F)c(C(=O)N[C@@H](Cc2cccc3c(-c4c(C(F)(F)F)c5ccccc5n(C)c4=O)cccc23)C(=O)O)c(F)c1. The summed E-state index contributed by atoms with van der Waals surface area (Å²) in [4.78, 5) is 40.6. The van der Waals surface area contributed by atoms with Crippen LogP contribution in [-0.2, 0) is 30.9 Å². The monoisotopic (exact) mass is 651 g/mol. The van der Waals surface area contributed by atoms with Crippen LogP contribution in [0.25, 0.3) is 32.8 Å². The van der Waals surface area contributed by atoms with E-state index in [1.165, 1.54) is 61.6 Å². The van der Waals surface area contributed by atoms with Crippen LogP contribution in [0.5, 0.6) is 0 Å². The summed E-state index contributed by atoms with van der Waals surface area (Å²) in [6, 6.07) is 15.0. The molecule has 0 aliphatic carbocycles. The molecule has 0 saturated carbocycles. The van der Waals surface area contributed by atoms with Crippen molar-refractivity contribution in [1.82, 2.24) is 14.8 Å². The van der Waals surface area contributed by atoms with Gasteiger partial charge in [0.1, 0.15) is 23.2 Å². The molecule has 12 heteroatoms. The fraction of sp³-hybridized carbons (Fsp3) is 0.229. The van der Waals surface area contributed by atoms with Gasteiger partial charge >= 0.3 is 12.1 Å². The second kappa shape index (κ2) is 13.0. The fourth-order valence-corrected chi connectivity index (χ4v) is 5.80. The Kier molecular flexibility index (Phi) is 9.17. The number of alkyl halides is 3. The van der Waals surface area contributed by atoms with Crippen LogP contribution in [0.2, 0.25) is 0 Å². The smallest absolute Gasteiger partial charge is 0.417 e. The number of aromatic nitrogens is 1. The third-order valence-corrected chi connectivity index (χ3v) is 8.07. The largest absolute Gasteiger partial charge is 0.480 e. The maximum Gasteiger partial charge on any atom is 0.417 e. The summed E-state index contributed by atoms with van der Waals surface area (Å²) >= 11 is 0. The molecule has 4 aromatic carbocycles. The lowest BCUT2D eigenvalue weighted by Gasteiger charge is -2.20. The first-order chi connectivity index (χ1) is 22.2. The number of fused-ring (bicyclic) bond motifs is 2. The fourth-order valence-electron chi connectivity index (χ4n) is 5.80. The van der Waals surface area contributed by atoms with Gasteiger partial charge in [-0.05, 0) is 66.2 Å². The molecule has 0 radical (unpaired) electrons. The summed E-state index contributed by atoms with van der Waals surface area (Å²) in [7, 11) is 4.97. The maximum absolute atomic E-state index is 14.9. The van der Waals surface area contributed by atoms with Gasteiger partial charge < -0.3 is 19.9 Å². The number of carboxylic acid groups (broad SMARTS) is 1. The average Bonchev–Trinajstić information content (AvgIpc) is 3.00. The van der Waals surface area contributed by atoms with Gasteiger partial charge in [0.2, 0.25) is 0 Å². The highest BCUT2D eigenvalue weighted by Crippen LogP contribution is 2.42. The van der Waals surface area contributed by atoms with Gasteiger partial charge in [0, 0.05) is 25.4 Å². The molecule has 0 unspecified atom stereocenters. The molecule has 0 fully saturated rings. The maximum atomic E-state index is 14.9. The summed E-state index contributed by atoms with van der Waals surface area (Å²) in [5, 5.41) is 12.5.